The Kier molecular flexibility index (Phi) is 6.68. The Morgan fingerprint density at radius 2 is 1.77 bits per heavy atom. The maximum atomic E-state index is 12.9. The Hall–Kier alpha value is -1.18. The number of carbonyl (C=O) groups is 2. The SMILES string of the molecule is CCOC(=O)N1C(=O)C(O[Si](C(C)C)(C(C)C)C(C)C)C1c1ccsc1. The summed E-state index contributed by atoms with van der Waals surface area (Å²) in [5.74, 6) is -0.279. The molecular formula is C19H31NO4SSi. The Morgan fingerprint density at radius 1 is 1.19 bits per heavy atom. The van der Waals surface area contributed by atoms with Crippen molar-refractivity contribution in [2.24, 2.45) is 0 Å². The first-order chi connectivity index (χ1) is 12.2. The van der Waals surface area contributed by atoms with E-state index in [9.17, 15) is 9.59 Å². The fourth-order valence-corrected chi connectivity index (χ4v) is 10.5. The topological polar surface area (TPSA) is 55.8 Å². The lowest BCUT2D eigenvalue weighted by molar-refractivity contribution is -0.161. The number of nitrogens with zero attached hydrogens (tertiary/aromatic N) is 1. The summed E-state index contributed by atoms with van der Waals surface area (Å²) < 4.78 is 11.8. The first-order valence-corrected chi connectivity index (χ1v) is 12.5. The van der Waals surface area contributed by atoms with Gasteiger partial charge in [0, 0.05) is 0 Å². The van der Waals surface area contributed by atoms with Gasteiger partial charge in [-0.15, -0.1) is 0 Å². The first kappa shape index (κ1) is 21.1. The van der Waals surface area contributed by atoms with Crippen molar-refractivity contribution in [3.63, 3.8) is 0 Å². The van der Waals surface area contributed by atoms with Gasteiger partial charge in [0.2, 0.25) is 8.32 Å². The molecule has 1 fully saturated rings. The lowest BCUT2D eigenvalue weighted by Crippen LogP contribution is -2.66. The van der Waals surface area contributed by atoms with E-state index in [1.165, 1.54) is 4.90 Å². The summed E-state index contributed by atoms with van der Waals surface area (Å²) >= 11 is 1.55. The van der Waals surface area contributed by atoms with Crippen LogP contribution in [-0.2, 0) is 14.0 Å². The number of ether oxygens (including phenoxy) is 1. The number of amides is 2. The summed E-state index contributed by atoms with van der Waals surface area (Å²) in [7, 11) is -2.24. The summed E-state index contributed by atoms with van der Waals surface area (Å²) in [5.41, 5.74) is 2.05. The zero-order valence-corrected chi connectivity index (χ0v) is 18.6. The van der Waals surface area contributed by atoms with E-state index in [-0.39, 0.29) is 12.5 Å². The predicted octanol–water partition coefficient (Wildman–Crippen LogP) is 5.35. The predicted molar refractivity (Wildman–Crippen MR) is 107 cm³/mol. The zero-order chi connectivity index (χ0) is 19.6. The van der Waals surface area contributed by atoms with Crippen LogP contribution >= 0.6 is 11.3 Å². The molecule has 1 aliphatic rings. The molecule has 1 saturated heterocycles. The van der Waals surface area contributed by atoms with Gasteiger partial charge in [-0.05, 0) is 45.9 Å². The molecular weight excluding hydrogens is 366 g/mol. The van der Waals surface area contributed by atoms with Gasteiger partial charge < -0.3 is 9.16 Å². The van der Waals surface area contributed by atoms with Gasteiger partial charge in [0.1, 0.15) is 6.04 Å². The Morgan fingerprint density at radius 3 is 2.19 bits per heavy atom. The normalized spacial score (nSPS) is 20.8. The van der Waals surface area contributed by atoms with Crippen LogP contribution in [0.5, 0.6) is 0 Å². The highest BCUT2D eigenvalue weighted by molar-refractivity contribution is 7.08. The largest absolute Gasteiger partial charge is 0.449 e. The van der Waals surface area contributed by atoms with Crippen LogP contribution in [0.1, 0.15) is 60.1 Å². The standard InChI is InChI=1S/C19H31NO4SSi/c1-8-23-19(22)20-16(15-9-10-25-11-15)17(18(20)21)24-26(12(2)3,13(4)5)14(6)7/h9-14,16-17H,8H2,1-7H3. The van der Waals surface area contributed by atoms with Gasteiger partial charge in [0.25, 0.3) is 5.91 Å². The van der Waals surface area contributed by atoms with Gasteiger partial charge in [0.15, 0.2) is 6.10 Å². The van der Waals surface area contributed by atoms with Crippen molar-refractivity contribution < 1.29 is 18.8 Å². The van der Waals surface area contributed by atoms with E-state index in [0.29, 0.717) is 16.6 Å². The minimum atomic E-state index is -2.24. The van der Waals surface area contributed by atoms with Gasteiger partial charge >= 0.3 is 6.09 Å². The molecule has 2 atom stereocenters. The maximum Gasteiger partial charge on any atom is 0.417 e. The van der Waals surface area contributed by atoms with Crippen molar-refractivity contribution >= 4 is 31.7 Å². The highest BCUT2D eigenvalue weighted by atomic mass is 32.1. The van der Waals surface area contributed by atoms with Crippen LogP contribution in [0, 0.1) is 0 Å². The molecule has 0 radical (unpaired) electrons. The summed E-state index contributed by atoms with van der Waals surface area (Å²) in [5, 5.41) is 3.93. The number of carbonyl (C=O) groups excluding carboxylic acids is 2. The van der Waals surface area contributed by atoms with Gasteiger partial charge in [0.05, 0.1) is 6.61 Å². The molecule has 2 unspecified atom stereocenters. The number of β-lactam (4-membered cyclic amide) rings is 1. The number of thiophene rings is 1. The van der Waals surface area contributed by atoms with Crippen LogP contribution < -0.4 is 0 Å². The first-order valence-electron chi connectivity index (χ1n) is 9.38. The van der Waals surface area contributed by atoms with Crippen molar-refractivity contribution in [1.82, 2.24) is 4.90 Å². The number of likely N-dealkylation sites (tertiary alicyclic amines) is 1. The third-order valence-electron chi connectivity index (χ3n) is 5.43. The molecule has 146 valence electrons. The van der Waals surface area contributed by atoms with E-state index in [4.69, 9.17) is 9.16 Å². The van der Waals surface area contributed by atoms with Crippen LogP contribution in [0.2, 0.25) is 16.6 Å². The van der Waals surface area contributed by atoms with Crippen molar-refractivity contribution in [1.29, 1.82) is 0 Å². The van der Waals surface area contributed by atoms with Gasteiger partial charge in [-0.2, -0.15) is 11.3 Å². The molecule has 5 nitrogen and oxygen atoms in total. The highest BCUT2D eigenvalue weighted by Crippen LogP contribution is 2.48. The average molecular weight is 398 g/mol. The highest BCUT2D eigenvalue weighted by Gasteiger charge is 2.58. The van der Waals surface area contributed by atoms with Crippen LogP contribution in [-0.4, -0.2) is 37.9 Å². The second-order valence-electron chi connectivity index (χ2n) is 7.76. The van der Waals surface area contributed by atoms with Gasteiger partial charge in [-0.1, -0.05) is 41.5 Å². The molecule has 0 N–H and O–H groups in total. The number of hydrogen-bond donors (Lipinski definition) is 0. The molecule has 1 aliphatic heterocycles. The van der Waals surface area contributed by atoms with Crippen LogP contribution in [0.3, 0.4) is 0 Å². The van der Waals surface area contributed by atoms with E-state index < -0.39 is 26.6 Å². The summed E-state index contributed by atoms with van der Waals surface area (Å²) in [4.78, 5) is 26.4. The monoisotopic (exact) mass is 397 g/mol. The van der Waals surface area contributed by atoms with Crippen LogP contribution in [0.15, 0.2) is 16.8 Å². The molecule has 0 aliphatic carbocycles. The van der Waals surface area contributed by atoms with Gasteiger partial charge in [-0.3, -0.25) is 4.79 Å². The van der Waals surface area contributed by atoms with E-state index in [1.54, 1.807) is 18.3 Å². The summed E-state index contributed by atoms with van der Waals surface area (Å²) in [6.45, 7) is 15.1. The van der Waals surface area contributed by atoms with Crippen molar-refractivity contribution in [3.05, 3.63) is 22.4 Å². The molecule has 2 amide bonds. The minimum absolute atomic E-state index is 0.243. The van der Waals surface area contributed by atoms with E-state index in [1.807, 2.05) is 16.8 Å². The molecule has 2 heterocycles. The molecule has 26 heavy (non-hydrogen) atoms. The Labute approximate surface area is 161 Å². The Bertz CT molecular complexity index is 608. The van der Waals surface area contributed by atoms with Crippen LogP contribution in [0.25, 0.3) is 0 Å². The van der Waals surface area contributed by atoms with Crippen molar-refractivity contribution in [2.45, 2.75) is 77.2 Å². The molecule has 7 heteroatoms. The number of hydrogen-bond acceptors (Lipinski definition) is 5. The molecule has 0 saturated carbocycles. The van der Waals surface area contributed by atoms with Crippen molar-refractivity contribution in [2.75, 3.05) is 6.61 Å². The molecule has 1 aromatic rings. The smallest absolute Gasteiger partial charge is 0.417 e. The fraction of sp³-hybridized carbons (Fsp3) is 0.684. The van der Waals surface area contributed by atoms with E-state index >= 15 is 0 Å². The summed E-state index contributed by atoms with van der Waals surface area (Å²) in [6.07, 6.45) is -1.19. The lowest BCUT2D eigenvalue weighted by Gasteiger charge is -2.51. The second-order valence-corrected chi connectivity index (χ2v) is 14.0. The lowest BCUT2D eigenvalue weighted by atomic mass is 9.93. The summed E-state index contributed by atoms with van der Waals surface area (Å²) in [6, 6.07) is 1.56. The quantitative estimate of drug-likeness (QED) is 0.460. The van der Waals surface area contributed by atoms with Crippen LogP contribution in [0.4, 0.5) is 4.79 Å². The molecule has 2 rings (SSSR count). The van der Waals surface area contributed by atoms with E-state index in [0.717, 1.165) is 5.56 Å². The average Bonchev–Trinajstić information content (AvgIpc) is 3.05. The van der Waals surface area contributed by atoms with Crippen molar-refractivity contribution in [3.8, 4) is 0 Å². The van der Waals surface area contributed by atoms with E-state index in [2.05, 4.69) is 41.5 Å². The molecule has 1 aromatic heterocycles. The molecule has 0 bridgehead atoms. The third-order valence-corrected chi connectivity index (χ3v) is 12.2. The molecule has 0 aromatic carbocycles. The number of imide groups is 1. The fourth-order valence-electron chi connectivity index (χ4n) is 4.37. The third kappa shape index (κ3) is 3.49. The Balaban J connectivity index is 2.37. The van der Waals surface area contributed by atoms with Gasteiger partial charge in [-0.25, -0.2) is 9.69 Å². The minimum Gasteiger partial charge on any atom is -0.449 e. The molecule has 0 spiro atoms. The second kappa shape index (κ2) is 8.23. The number of rotatable bonds is 7. The zero-order valence-electron chi connectivity index (χ0n) is 16.8. The maximum absolute atomic E-state index is 12.9.